The van der Waals surface area contributed by atoms with E-state index in [1.165, 1.54) is 44.9 Å². The molecule has 0 aliphatic carbocycles. The average molecular weight is 861 g/mol. The topological polar surface area (TPSA) is 108 Å². The normalized spacial score (nSPS) is 14.3. The van der Waals surface area contributed by atoms with Crippen LogP contribution >= 0.6 is 7.82 Å². The fraction of sp³-hybridized carbons (Fsp3) is 0.680. The first-order chi connectivity index (χ1) is 29.0. The van der Waals surface area contributed by atoms with E-state index in [4.69, 9.17) is 18.5 Å². The van der Waals surface area contributed by atoms with Crippen LogP contribution in [0.4, 0.5) is 0 Å². The van der Waals surface area contributed by atoms with Crippen LogP contribution in [0.25, 0.3) is 0 Å². The summed E-state index contributed by atoms with van der Waals surface area (Å²) < 4.78 is 34.3. The van der Waals surface area contributed by atoms with E-state index in [0.717, 1.165) is 89.9 Å². The Kier molecular flexibility index (Phi) is 39.6. The molecule has 1 N–H and O–H groups in total. The van der Waals surface area contributed by atoms with E-state index in [2.05, 4.69) is 98.9 Å². The highest BCUT2D eigenvalue weighted by atomic mass is 31.2. The summed E-state index contributed by atoms with van der Waals surface area (Å²) in [6.45, 7) is 4.23. The molecule has 2 atom stereocenters. The van der Waals surface area contributed by atoms with Crippen LogP contribution in [-0.4, -0.2) is 74.9 Å². The van der Waals surface area contributed by atoms with Crippen LogP contribution in [-0.2, 0) is 32.7 Å². The largest absolute Gasteiger partial charge is 0.472 e. The average Bonchev–Trinajstić information content (AvgIpc) is 3.20. The van der Waals surface area contributed by atoms with Gasteiger partial charge in [-0.2, -0.15) is 0 Å². The number of unbranched alkanes of at least 4 members (excludes halogenated alkanes) is 13. The summed E-state index contributed by atoms with van der Waals surface area (Å²) in [6.07, 6.45) is 53.5. The number of carbonyl (C=O) groups is 2. The number of hydrogen-bond acceptors (Lipinski definition) is 7. The minimum atomic E-state index is -4.40. The van der Waals surface area contributed by atoms with Gasteiger partial charge in [0.25, 0.3) is 0 Å². The molecule has 0 heterocycles. The van der Waals surface area contributed by atoms with Crippen LogP contribution < -0.4 is 0 Å². The van der Waals surface area contributed by atoms with Crippen molar-refractivity contribution in [1.82, 2.24) is 0 Å². The molecule has 9 nitrogen and oxygen atoms in total. The van der Waals surface area contributed by atoms with Crippen LogP contribution in [0, 0.1) is 0 Å². The van der Waals surface area contributed by atoms with Crippen molar-refractivity contribution in [2.24, 2.45) is 0 Å². The van der Waals surface area contributed by atoms with Gasteiger partial charge in [-0.3, -0.25) is 18.6 Å². The molecule has 0 amide bonds. The van der Waals surface area contributed by atoms with Gasteiger partial charge in [0, 0.05) is 12.8 Å². The second-order valence-corrected chi connectivity index (χ2v) is 17.9. The Morgan fingerprint density at radius 3 is 1.47 bits per heavy atom. The van der Waals surface area contributed by atoms with E-state index in [0.29, 0.717) is 17.4 Å². The highest BCUT2D eigenvalue weighted by Crippen LogP contribution is 2.43. The highest BCUT2D eigenvalue weighted by Gasteiger charge is 2.27. The van der Waals surface area contributed by atoms with Crippen LogP contribution in [0.5, 0.6) is 0 Å². The summed E-state index contributed by atoms with van der Waals surface area (Å²) in [7, 11) is 1.43. The zero-order valence-electron chi connectivity index (χ0n) is 38.7. The van der Waals surface area contributed by atoms with Gasteiger partial charge in [0.15, 0.2) is 6.10 Å². The number of nitrogens with zero attached hydrogens (tertiary/aromatic N) is 1. The monoisotopic (exact) mass is 861 g/mol. The van der Waals surface area contributed by atoms with Crippen molar-refractivity contribution in [2.45, 2.75) is 174 Å². The fourth-order valence-electron chi connectivity index (χ4n) is 5.77. The van der Waals surface area contributed by atoms with Gasteiger partial charge in [0.1, 0.15) is 19.8 Å². The van der Waals surface area contributed by atoms with Gasteiger partial charge in [0.05, 0.1) is 27.7 Å². The van der Waals surface area contributed by atoms with Crippen molar-refractivity contribution in [3.63, 3.8) is 0 Å². The number of hydrogen-bond donors (Lipinski definition) is 1. The van der Waals surface area contributed by atoms with Crippen molar-refractivity contribution in [1.29, 1.82) is 0 Å². The van der Waals surface area contributed by atoms with E-state index < -0.39 is 32.5 Å². The van der Waals surface area contributed by atoms with E-state index in [1.54, 1.807) is 0 Å². The zero-order chi connectivity index (χ0) is 44.3. The number of ether oxygens (including phenoxy) is 2. The van der Waals surface area contributed by atoms with Gasteiger partial charge in [-0.1, -0.05) is 150 Å². The maximum absolute atomic E-state index is 12.7. The SMILES string of the molecule is CC/C=C\C/C=C\C/C=C\C/C=C\C/C=C\C/C=C\CCCCC(=O)OC(COC(=O)CCCCCCC/C=C\CCCCCCCC)COP(=O)(O)OCC[N+](C)(C)C. The molecule has 0 bridgehead atoms. The molecule has 0 saturated heterocycles. The molecule has 10 heteroatoms. The molecular formula is C50H87NO8P+. The Morgan fingerprint density at radius 2 is 0.950 bits per heavy atom. The van der Waals surface area contributed by atoms with Crippen LogP contribution in [0.15, 0.2) is 85.1 Å². The Bertz CT molecular complexity index is 1290. The third kappa shape index (κ3) is 44.7. The fourth-order valence-corrected chi connectivity index (χ4v) is 6.52. The molecule has 0 radical (unpaired) electrons. The molecule has 2 unspecified atom stereocenters. The Hall–Kier alpha value is -2.81. The molecule has 0 aromatic carbocycles. The lowest BCUT2D eigenvalue weighted by Crippen LogP contribution is -2.37. The quantitative estimate of drug-likeness (QED) is 0.0213. The Labute approximate surface area is 367 Å². The van der Waals surface area contributed by atoms with Crippen molar-refractivity contribution in [3.05, 3.63) is 85.1 Å². The van der Waals surface area contributed by atoms with Crippen molar-refractivity contribution in [3.8, 4) is 0 Å². The van der Waals surface area contributed by atoms with Gasteiger partial charge in [0.2, 0.25) is 0 Å². The predicted octanol–water partition coefficient (Wildman–Crippen LogP) is 13.6. The molecule has 0 aromatic heterocycles. The first-order valence-electron chi connectivity index (χ1n) is 23.3. The molecule has 0 aliphatic rings. The lowest BCUT2D eigenvalue weighted by molar-refractivity contribution is -0.870. The van der Waals surface area contributed by atoms with Gasteiger partial charge in [-0.05, 0) is 89.9 Å². The van der Waals surface area contributed by atoms with E-state index in [9.17, 15) is 19.0 Å². The molecule has 0 spiro atoms. The summed E-state index contributed by atoms with van der Waals surface area (Å²) in [5.41, 5.74) is 0. The molecule has 0 fully saturated rings. The first-order valence-corrected chi connectivity index (χ1v) is 24.8. The lowest BCUT2D eigenvalue weighted by atomic mass is 10.1. The lowest BCUT2D eigenvalue weighted by Gasteiger charge is -2.24. The molecule has 60 heavy (non-hydrogen) atoms. The number of carbonyl (C=O) groups excluding carboxylic acids is 2. The first kappa shape index (κ1) is 57.2. The number of allylic oxidation sites excluding steroid dienone is 14. The van der Waals surface area contributed by atoms with E-state index in [1.807, 2.05) is 21.1 Å². The molecular weight excluding hydrogens is 774 g/mol. The molecule has 0 rings (SSSR count). The number of rotatable bonds is 41. The number of quaternary nitrogens is 1. The van der Waals surface area contributed by atoms with E-state index in [-0.39, 0.29) is 26.1 Å². The summed E-state index contributed by atoms with van der Waals surface area (Å²) in [4.78, 5) is 35.4. The van der Waals surface area contributed by atoms with Gasteiger partial charge >= 0.3 is 19.8 Å². The summed E-state index contributed by atoms with van der Waals surface area (Å²) in [6, 6.07) is 0. The number of phosphoric acid groups is 1. The zero-order valence-corrected chi connectivity index (χ0v) is 39.6. The van der Waals surface area contributed by atoms with Crippen molar-refractivity contribution < 1.29 is 42.1 Å². The van der Waals surface area contributed by atoms with Crippen molar-refractivity contribution >= 4 is 19.8 Å². The number of esters is 2. The van der Waals surface area contributed by atoms with Crippen LogP contribution in [0.3, 0.4) is 0 Å². The highest BCUT2D eigenvalue weighted by molar-refractivity contribution is 7.47. The minimum absolute atomic E-state index is 0.0173. The number of phosphoric ester groups is 1. The van der Waals surface area contributed by atoms with E-state index >= 15 is 0 Å². The second-order valence-electron chi connectivity index (χ2n) is 16.4. The standard InChI is InChI=1S/C50H86NO8P/c1-6-8-10-12-14-16-18-20-22-23-24-25-26-27-29-31-33-35-37-39-41-43-50(53)59-48(47-58-60(54,55)57-45-44-51(3,4)5)46-56-49(52)42-40-38-36-34-32-30-28-21-19-17-15-13-11-9-7-2/h8,10,14,16,20-22,24-25,27-29,33,35,48H,6-7,9,11-13,15,17-19,23,26,30-32,34,36-47H2,1-5H3/p+1/b10-8-,16-14-,22-20-,25-24-,28-21-,29-27-,35-33-. The van der Waals surface area contributed by atoms with Gasteiger partial charge in [-0.15, -0.1) is 0 Å². The predicted molar refractivity (Wildman–Crippen MR) is 252 cm³/mol. The van der Waals surface area contributed by atoms with Crippen LogP contribution in [0.2, 0.25) is 0 Å². The second kappa shape index (κ2) is 41.5. The molecule has 0 aliphatic heterocycles. The smallest absolute Gasteiger partial charge is 0.462 e. The molecule has 344 valence electrons. The maximum atomic E-state index is 12.7. The maximum Gasteiger partial charge on any atom is 0.472 e. The van der Waals surface area contributed by atoms with Crippen LogP contribution in [0.1, 0.15) is 168 Å². The third-order valence-electron chi connectivity index (χ3n) is 9.41. The Morgan fingerprint density at radius 1 is 0.533 bits per heavy atom. The summed E-state index contributed by atoms with van der Waals surface area (Å²) in [5, 5.41) is 0. The Balaban J connectivity index is 4.45. The summed E-state index contributed by atoms with van der Waals surface area (Å²) >= 11 is 0. The summed E-state index contributed by atoms with van der Waals surface area (Å²) in [5.74, 6) is -0.866. The van der Waals surface area contributed by atoms with Gasteiger partial charge < -0.3 is 18.9 Å². The number of likely N-dealkylation sites (N-methyl/N-ethyl adjacent to an activating group) is 1. The molecule has 0 saturated carbocycles. The van der Waals surface area contributed by atoms with Crippen molar-refractivity contribution in [2.75, 3.05) is 47.5 Å². The molecule has 0 aromatic rings. The third-order valence-corrected chi connectivity index (χ3v) is 10.4. The minimum Gasteiger partial charge on any atom is -0.462 e. The van der Waals surface area contributed by atoms with Gasteiger partial charge in [-0.25, -0.2) is 4.57 Å².